The highest BCUT2D eigenvalue weighted by molar-refractivity contribution is 5.82. The first-order valence-corrected chi connectivity index (χ1v) is 7.71. The molecule has 0 spiro atoms. The van der Waals surface area contributed by atoms with E-state index in [0.717, 1.165) is 25.0 Å². The minimum Gasteiger partial charge on any atom is -0.484 e. The number of hydrogen-bond acceptors (Lipinski definition) is 6. The van der Waals surface area contributed by atoms with Gasteiger partial charge in [-0.2, -0.15) is 5.10 Å². The van der Waals surface area contributed by atoms with Gasteiger partial charge in [-0.1, -0.05) is 0 Å². The van der Waals surface area contributed by atoms with Crippen LogP contribution in [0.4, 0.5) is 0 Å². The number of ether oxygens (including phenoxy) is 2. The predicted molar refractivity (Wildman–Crippen MR) is 86.7 cm³/mol. The zero-order valence-electron chi connectivity index (χ0n) is 13.2. The molecule has 0 radical (unpaired) electrons. The molecule has 0 aromatic heterocycles. The van der Waals surface area contributed by atoms with E-state index in [-0.39, 0.29) is 18.6 Å². The van der Waals surface area contributed by atoms with Crippen LogP contribution >= 0.6 is 0 Å². The summed E-state index contributed by atoms with van der Waals surface area (Å²) in [4.78, 5) is 22.5. The molecule has 1 aromatic rings. The van der Waals surface area contributed by atoms with Crippen molar-refractivity contribution in [3.05, 3.63) is 29.8 Å². The zero-order valence-corrected chi connectivity index (χ0v) is 13.2. The van der Waals surface area contributed by atoms with E-state index in [1.165, 1.54) is 6.21 Å². The van der Waals surface area contributed by atoms with Gasteiger partial charge in [0.05, 0.1) is 12.3 Å². The number of amides is 2. The lowest BCUT2D eigenvalue weighted by molar-refractivity contribution is -0.124. The Morgan fingerprint density at radius 3 is 2.79 bits per heavy atom. The van der Waals surface area contributed by atoms with Crippen molar-refractivity contribution in [2.24, 2.45) is 5.10 Å². The highest BCUT2D eigenvalue weighted by Crippen LogP contribution is 2.12. The Morgan fingerprint density at radius 2 is 2.12 bits per heavy atom. The van der Waals surface area contributed by atoms with E-state index in [0.29, 0.717) is 12.3 Å². The smallest absolute Gasteiger partial charge is 0.265 e. The van der Waals surface area contributed by atoms with E-state index in [1.807, 2.05) is 0 Å². The molecule has 8 nitrogen and oxygen atoms in total. The zero-order chi connectivity index (χ0) is 17.2. The van der Waals surface area contributed by atoms with E-state index in [9.17, 15) is 9.59 Å². The van der Waals surface area contributed by atoms with Crippen molar-refractivity contribution in [2.75, 3.05) is 26.4 Å². The summed E-state index contributed by atoms with van der Waals surface area (Å²) in [6.45, 7) is 0.597. The number of carbonyl (C=O) groups is 2. The van der Waals surface area contributed by atoms with Crippen molar-refractivity contribution < 1.29 is 24.2 Å². The maximum Gasteiger partial charge on any atom is 0.265 e. The average Bonchev–Trinajstić information content (AvgIpc) is 3.12. The second kappa shape index (κ2) is 9.64. The maximum absolute atomic E-state index is 11.7. The Kier molecular flexibility index (Phi) is 7.19. The number of aliphatic hydroxyl groups excluding tert-OH is 1. The Balaban J connectivity index is 1.69. The van der Waals surface area contributed by atoms with Gasteiger partial charge in [-0.3, -0.25) is 9.59 Å². The lowest BCUT2D eigenvalue weighted by Crippen LogP contribution is -2.35. The number of nitrogens with one attached hydrogen (secondary N) is 2. The largest absolute Gasteiger partial charge is 0.484 e. The van der Waals surface area contributed by atoms with E-state index in [4.69, 9.17) is 14.6 Å². The second-order valence-corrected chi connectivity index (χ2v) is 5.25. The molecule has 0 aliphatic carbocycles. The highest BCUT2D eigenvalue weighted by atomic mass is 16.5. The van der Waals surface area contributed by atoms with E-state index >= 15 is 0 Å². The van der Waals surface area contributed by atoms with Crippen LogP contribution in [0.15, 0.2) is 29.4 Å². The minimum atomic E-state index is -0.612. The first kappa shape index (κ1) is 17.9. The SMILES string of the molecule is O=C(COc1ccc(/C=N/NC(=O)CO)cc1)NCC1CCCO1. The Morgan fingerprint density at radius 1 is 1.33 bits per heavy atom. The molecule has 0 bridgehead atoms. The van der Waals surface area contributed by atoms with Gasteiger partial charge in [-0.15, -0.1) is 0 Å². The summed E-state index contributed by atoms with van der Waals surface area (Å²) in [6, 6.07) is 6.85. The Bertz CT molecular complexity index is 568. The van der Waals surface area contributed by atoms with Crippen LogP contribution in [0.5, 0.6) is 5.75 Å². The van der Waals surface area contributed by atoms with E-state index < -0.39 is 12.5 Å². The fourth-order valence-electron chi connectivity index (χ4n) is 2.10. The molecule has 1 aliphatic rings. The molecule has 1 heterocycles. The van der Waals surface area contributed by atoms with Crippen LogP contribution in [0, 0.1) is 0 Å². The summed E-state index contributed by atoms with van der Waals surface area (Å²) < 4.78 is 10.8. The van der Waals surface area contributed by atoms with Gasteiger partial charge in [0.2, 0.25) is 0 Å². The molecule has 24 heavy (non-hydrogen) atoms. The van der Waals surface area contributed by atoms with Crippen LogP contribution in [0.25, 0.3) is 0 Å². The fraction of sp³-hybridized carbons (Fsp3) is 0.438. The van der Waals surface area contributed by atoms with Crippen LogP contribution in [0.1, 0.15) is 18.4 Å². The van der Waals surface area contributed by atoms with Gasteiger partial charge in [-0.25, -0.2) is 5.43 Å². The number of nitrogens with zero attached hydrogens (tertiary/aromatic N) is 1. The van der Waals surface area contributed by atoms with Gasteiger partial charge in [-0.05, 0) is 42.7 Å². The average molecular weight is 335 g/mol. The number of benzene rings is 1. The molecule has 0 saturated carbocycles. The quantitative estimate of drug-likeness (QED) is 0.450. The first-order valence-electron chi connectivity index (χ1n) is 7.71. The molecular weight excluding hydrogens is 314 g/mol. The number of carbonyl (C=O) groups excluding carboxylic acids is 2. The summed E-state index contributed by atoms with van der Waals surface area (Å²) in [7, 11) is 0. The van der Waals surface area contributed by atoms with Crippen LogP contribution in [0.2, 0.25) is 0 Å². The normalized spacial score (nSPS) is 17.0. The number of aliphatic hydroxyl groups is 1. The highest BCUT2D eigenvalue weighted by Gasteiger charge is 2.16. The molecular formula is C16H21N3O5. The van der Waals surface area contributed by atoms with Gasteiger partial charge in [0.1, 0.15) is 12.4 Å². The molecule has 1 atom stereocenters. The molecule has 1 unspecified atom stereocenters. The van der Waals surface area contributed by atoms with E-state index in [2.05, 4.69) is 15.8 Å². The molecule has 1 saturated heterocycles. The van der Waals surface area contributed by atoms with Crippen molar-refractivity contribution in [1.82, 2.24) is 10.7 Å². The van der Waals surface area contributed by atoms with Crippen molar-refractivity contribution in [2.45, 2.75) is 18.9 Å². The molecule has 8 heteroatoms. The predicted octanol–water partition coefficient (Wildman–Crippen LogP) is -0.197. The third-order valence-electron chi connectivity index (χ3n) is 3.35. The third kappa shape index (κ3) is 6.35. The van der Waals surface area contributed by atoms with Crippen LogP contribution in [-0.2, 0) is 14.3 Å². The van der Waals surface area contributed by atoms with Crippen molar-refractivity contribution in [3.63, 3.8) is 0 Å². The Labute approximate surface area is 139 Å². The summed E-state index contributed by atoms with van der Waals surface area (Å²) in [5, 5.41) is 15.0. The first-order chi connectivity index (χ1) is 11.7. The molecule has 1 aliphatic heterocycles. The van der Waals surface area contributed by atoms with Gasteiger partial charge >= 0.3 is 0 Å². The van der Waals surface area contributed by atoms with Gasteiger partial charge < -0.3 is 19.9 Å². The molecule has 1 aromatic carbocycles. The standard InChI is InChI=1S/C16H21N3O5/c20-10-15(21)19-18-8-12-3-5-13(6-4-12)24-11-16(22)17-9-14-2-1-7-23-14/h3-6,8,14,20H,1-2,7,9-11H2,(H,17,22)(H,19,21)/b18-8+. The monoisotopic (exact) mass is 335 g/mol. The van der Waals surface area contributed by atoms with Crippen molar-refractivity contribution in [1.29, 1.82) is 0 Å². The summed E-state index contributed by atoms with van der Waals surface area (Å²) >= 11 is 0. The summed E-state index contributed by atoms with van der Waals surface area (Å²) in [5.74, 6) is -0.220. The minimum absolute atomic E-state index is 0.0628. The lowest BCUT2D eigenvalue weighted by atomic mass is 10.2. The lowest BCUT2D eigenvalue weighted by Gasteiger charge is -2.11. The van der Waals surface area contributed by atoms with Gasteiger partial charge in [0.25, 0.3) is 11.8 Å². The maximum atomic E-state index is 11.7. The van der Waals surface area contributed by atoms with Crippen LogP contribution < -0.4 is 15.5 Å². The van der Waals surface area contributed by atoms with Gasteiger partial charge in [0.15, 0.2) is 6.61 Å². The van der Waals surface area contributed by atoms with Crippen molar-refractivity contribution >= 4 is 18.0 Å². The summed E-state index contributed by atoms with van der Waals surface area (Å²) in [6.07, 6.45) is 3.56. The Hall–Kier alpha value is -2.45. The number of hydrogen-bond donors (Lipinski definition) is 3. The third-order valence-corrected chi connectivity index (χ3v) is 3.35. The molecule has 130 valence electrons. The molecule has 2 rings (SSSR count). The topological polar surface area (TPSA) is 109 Å². The number of hydrazone groups is 1. The van der Waals surface area contributed by atoms with E-state index in [1.54, 1.807) is 24.3 Å². The fourth-order valence-corrected chi connectivity index (χ4v) is 2.10. The van der Waals surface area contributed by atoms with Crippen LogP contribution in [-0.4, -0.2) is 55.6 Å². The van der Waals surface area contributed by atoms with Crippen LogP contribution in [0.3, 0.4) is 0 Å². The van der Waals surface area contributed by atoms with Crippen molar-refractivity contribution in [3.8, 4) is 5.75 Å². The summed E-state index contributed by atoms with van der Waals surface area (Å²) in [5.41, 5.74) is 2.90. The molecule has 3 N–H and O–H groups in total. The molecule has 2 amide bonds. The second-order valence-electron chi connectivity index (χ2n) is 5.25. The molecule has 1 fully saturated rings. The number of rotatable bonds is 8. The van der Waals surface area contributed by atoms with Gasteiger partial charge in [0, 0.05) is 13.2 Å².